The van der Waals surface area contributed by atoms with E-state index < -0.39 is 10.0 Å². The molecule has 1 aliphatic rings. The summed E-state index contributed by atoms with van der Waals surface area (Å²) in [6, 6.07) is 18.5. The molecule has 0 saturated carbocycles. The van der Waals surface area contributed by atoms with Gasteiger partial charge in [0, 0.05) is 5.56 Å². The van der Waals surface area contributed by atoms with Crippen LogP contribution >= 0.6 is 0 Å². The van der Waals surface area contributed by atoms with Crippen molar-refractivity contribution in [1.29, 1.82) is 0 Å². The molecule has 34 heavy (non-hydrogen) atoms. The summed E-state index contributed by atoms with van der Waals surface area (Å²) in [5.74, 6) is -0.601. The Morgan fingerprint density at radius 3 is 2.26 bits per heavy atom. The average Bonchev–Trinajstić information content (AvgIpc) is 2.82. The number of rotatable bonds is 7. The van der Waals surface area contributed by atoms with Gasteiger partial charge in [0.15, 0.2) is 0 Å². The highest BCUT2D eigenvalue weighted by Gasteiger charge is 2.19. The second-order valence-corrected chi connectivity index (χ2v) is 10.8. The van der Waals surface area contributed by atoms with Crippen LogP contribution in [0.1, 0.15) is 58.4 Å². The van der Waals surface area contributed by atoms with Crippen molar-refractivity contribution in [2.24, 2.45) is 0 Å². The molecule has 0 spiro atoms. The normalized spacial score (nSPS) is 14.2. The zero-order chi connectivity index (χ0) is 24.3. The summed E-state index contributed by atoms with van der Waals surface area (Å²) in [6.07, 6.45) is 5.76. The molecule has 1 amide bonds. The summed E-state index contributed by atoms with van der Waals surface area (Å²) in [6.45, 7) is 2.03. The average molecular weight is 481 g/mol. The van der Waals surface area contributed by atoms with Crippen molar-refractivity contribution in [3.8, 4) is 0 Å². The third-order valence-electron chi connectivity index (χ3n) is 6.28. The van der Waals surface area contributed by atoms with E-state index in [0.717, 1.165) is 24.7 Å². The van der Waals surface area contributed by atoms with Gasteiger partial charge in [0.2, 0.25) is 10.0 Å². The quantitative estimate of drug-likeness (QED) is 0.508. The summed E-state index contributed by atoms with van der Waals surface area (Å²) in [7, 11) is -3.58. The molecule has 0 aliphatic heterocycles. The van der Waals surface area contributed by atoms with E-state index in [1.165, 1.54) is 40.4 Å². The lowest BCUT2D eigenvalue weighted by Gasteiger charge is -2.23. The van der Waals surface area contributed by atoms with E-state index in [2.05, 4.69) is 23.5 Å². The van der Waals surface area contributed by atoms with E-state index in [-0.39, 0.29) is 24.3 Å². The highest BCUT2D eigenvalue weighted by molar-refractivity contribution is 7.92. The minimum Gasteiger partial charge on any atom is -0.346 e. The number of aryl methyl sites for hydroxylation is 2. The van der Waals surface area contributed by atoms with Crippen molar-refractivity contribution < 1.29 is 17.6 Å². The van der Waals surface area contributed by atoms with Crippen molar-refractivity contribution in [3.63, 3.8) is 0 Å². The third-order valence-corrected chi connectivity index (χ3v) is 7.42. The number of carbonyl (C=O) groups is 1. The molecule has 0 aromatic heterocycles. The van der Waals surface area contributed by atoms with E-state index in [0.29, 0.717) is 16.8 Å². The molecular formula is C27H29FN2O3S. The molecule has 0 bridgehead atoms. The maximum absolute atomic E-state index is 13.2. The number of nitrogens with zero attached hydrogens (tertiary/aromatic N) is 1. The number of anilines is 1. The highest BCUT2D eigenvalue weighted by atomic mass is 32.2. The van der Waals surface area contributed by atoms with Crippen molar-refractivity contribution in [2.45, 2.75) is 45.2 Å². The van der Waals surface area contributed by atoms with E-state index in [9.17, 15) is 17.6 Å². The summed E-state index contributed by atoms with van der Waals surface area (Å²) in [5.41, 5.74) is 5.40. The Balaban J connectivity index is 1.47. The lowest BCUT2D eigenvalue weighted by Crippen LogP contribution is -2.29. The number of hydrogen-bond donors (Lipinski definition) is 1. The molecule has 7 heteroatoms. The molecule has 0 saturated heterocycles. The maximum Gasteiger partial charge on any atom is 0.251 e. The topological polar surface area (TPSA) is 66.5 Å². The van der Waals surface area contributed by atoms with Crippen LogP contribution in [0.4, 0.5) is 10.1 Å². The fourth-order valence-electron chi connectivity index (χ4n) is 4.32. The zero-order valence-electron chi connectivity index (χ0n) is 19.4. The first-order chi connectivity index (χ1) is 16.2. The lowest BCUT2D eigenvalue weighted by atomic mass is 9.89. The van der Waals surface area contributed by atoms with Gasteiger partial charge >= 0.3 is 0 Å². The number of amides is 1. The van der Waals surface area contributed by atoms with Crippen molar-refractivity contribution in [2.75, 3.05) is 10.6 Å². The number of fused-ring (bicyclic) bond motifs is 1. The molecule has 1 N–H and O–H groups in total. The number of carbonyl (C=O) groups excluding carboxylic acids is 1. The number of hydrogen-bond acceptors (Lipinski definition) is 3. The standard InChI is InChI=1S/C27H29FN2O3S/c1-19(23-10-9-21-5-3-4-6-24(21)17-23)29-27(31)22-11-15-26(16-12-22)30(34(2,32)33)18-20-7-13-25(28)14-8-20/h7-17,19H,3-6,18H2,1-2H3,(H,29,31)/t19-/m0/s1. The van der Waals surface area contributed by atoms with Gasteiger partial charge in [-0.25, -0.2) is 12.8 Å². The molecule has 0 fully saturated rings. The van der Waals surface area contributed by atoms with Crippen LogP contribution in [0.3, 0.4) is 0 Å². The number of halogens is 1. The fourth-order valence-corrected chi connectivity index (χ4v) is 5.21. The number of sulfonamides is 1. The molecule has 1 atom stereocenters. The van der Waals surface area contributed by atoms with Gasteiger partial charge in [-0.2, -0.15) is 0 Å². The Kier molecular flexibility index (Phi) is 7.03. The van der Waals surface area contributed by atoms with Crippen LogP contribution in [0.5, 0.6) is 0 Å². The van der Waals surface area contributed by atoms with E-state index >= 15 is 0 Å². The molecule has 178 valence electrons. The fraction of sp³-hybridized carbons (Fsp3) is 0.296. The largest absolute Gasteiger partial charge is 0.346 e. The molecular weight excluding hydrogens is 451 g/mol. The zero-order valence-corrected chi connectivity index (χ0v) is 20.2. The smallest absolute Gasteiger partial charge is 0.251 e. The second kappa shape index (κ2) is 9.97. The summed E-state index contributed by atoms with van der Waals surface area (Å²) < 4.78 is 39.2. The van der Waals surface area contributed by atoms with Crippen LogP contribution in [0, 0.1) is 5.82 Å². The van der Waals surface area contributed by atoms with Gasteiger partial charge < -0.3 is 5.32 Å². The summed E-state index contributed by atoms with van der Waals surface area (Å²) >= 11 is 0. The van der Waals surface area contributed by atoms with Crippen LogP contribution in [0.2, 0.25) is 0 Å². The number of benzene rings is 3. The molecule has 4 rings (SSSR count). The first-order valence-corrected chi connectivity index (χ1v) is 13.3. The Morgan fingerprint density at radius 2 is 1.62 bits per heavy atom. The SMILES string of the molecule is C[C@H](NC(=O)c1ccc(N(Cc2ccc(F)cc2)S(C)(=O)=O)cc1)c1ccc2c(c1)CCCC2. The van der Waals surface area contributed by atoms with Crippen LogP contribution in [-0.2, 0) is 29.4 Å². The molecule has 0 unspecified atom stereocenters. The van der Waals surface area contributed by atoms with Crippen LogP contribution in [-0.4, -0.2) is 20.6 Å². The number of nitrogens with one attached hydrogen (secondary N) is 1. The Labute approximate surface area is 200 Å². The predicted octanol–water partition coefficient (Wildman–Crippen LogP) is 5.16. The minimum atomic E-state index is -3.58. The summed E-state index contributed by atoms with van der Waals surface area (Å²) in [4.78, 5) is 12.8. The predicted molar refractivity (Wildman–Crippen MR) is 133 cm³/mol. The maximum atomic E-state index is 13.2. The van der Waals surface area contributed by atoms with Crippen LogP contribution in [0.25, 0.3) is 0 Å². The van der Waals surface area contributed by atoms with Gasteiger partial charge in [-0.1, -0.05) is 30.3 Å². The van der Waals surface area contributed by atoms with Crippen molar-refractivity contribution >= 4 is 21.6 Å². The Hall–Kier alpha value is -3.19. The lowest BCUT2D eigenvalue weighted by molar-refractivity contribution is 0.0940. The molecule has 3 aromatic carbocycles. The molecule has 3 aromatic rings. The van der Waals surface area contributed by atoms with Gasteiger partial charge in [0.25, 0.3) is 5.91 Å². The minimum absolute atomic E-state index is 0.0695. The van der Waals surface area contributed by atoms with E-state index in [1.54, 1.807) is 36.4 Å². The molecule has 5 nitrogen and oxygen atoms in total. The monoisotopic (exact) mass is 480 g/mol. The van der Waals surface area contributed by atoms with Crippen LogP contribution < -0.4 is 9.62 Å². The van der Waals surface area contributed by atoms with Gasteiger partial charge in [-0.15, -0.1) is 0 Å². The molecule has 0 radical (unpaired) electrons. The van der Waals surface area contributed by atoms with Gasteiger partial charge in [0.1, 0.15) is 5.82 Å². The van der Waals surface area contributed by atoms with E-state index in [1.807, 2.05) is 6.92 Å². The van der Waals surface area contributed by atoms with Crippen LogP contribution in [0.15, 0.2) is 66.7 Å². The van der Waals surface area contributed by atoms with Gasteiger partial charge in [0.05, 0.1) is 24.5 Å². The Morgan fingerprint density at radius 1 is 0.971 bits per heavy atom. The van der Waals surface area contributed by atoms with Crippen molar-refractivity contribution in [1.82, 2.24) is 5.32 Å². The first-order valence-electron chi connectivity index (χ1n) is 11.5. The molecule has 1 aliphatic carbocycles. The van der Waals surface area contributed by atoms with Gasteiger partial charge in [-0.05, 0) is 91.3 Å². The third kappa shape index (κ3) is 5.65. The highest BCUT2D eigenvalue weighted by Crippen LogP contribution is 2.25. The van der Waals surface area contributed by atoms with Gasteiger partial charge in [-0.3, -0.25) is 9.10 Å². The van der Waals surface area contributed by atoms with Crippen molar-refractivity contribution in [3.05, 3.63) is 100 Å². The Bertz CT molecular complexity index is 1270. The molecule has 0 heterocycles. The van der Waals surface area contributed by atoms with E-state index in [4.69, 9.17) is 0 Å². The first kappa shape index (κ1) is 24.0. The summed E-state index contributed by atoms with van der Waals surface area (Å²) in [5, 5.41) is 3.04. The second-order valence-electron chi connectivity index (χ2n) is 8.87.